The normalized spacial score (nSPS) is 24.6. The van der Waals surface area contributed by atoms with Gasteiger partial charge in [0.2, 0.25) is 0 Å². The van der Waals surface area contributed by atoms with Crippen LogP contribution in [0.4, 0.5) is 0 Å². The first-order valence-electron chi connectivity index (χ1n) is 6.92. The lowest BCUT2D eigenvalue weighted by Gasteiger charge is -2.25. The van der Waals surface area contributed by atoms with Crippen molar-refractivity contribution in [2.24, 2.45) is 0 Å². The SMILES string of the molecule is CCCCCCCC[SiH]1CCNC1(C)C. The van der Waals surface area contributed by atoms with E-state index in [1.807, 2.05) is 0 Å². The van der Waals surface area contributed by atoms with E-state index >= 15 is 0 Å². The van der Waals surface area contributed by atoms with Gasteiger partial charge in [0.25, 0.3) is 0 Å². The van der Waals surface area contributed by atoms with E-state index in [-0.39, 0.29) is 0 Å². The molecule has 1 nitrogen and oxygen atoms in total. The number of unbranched alkanes of at least 4 members (excludes halogenated alkanes) is 5. The molecular formula is C13H29NSi. The largest absolute Gasteiger partial charge is 0.315 e. The van der Waals surface area contributed by atoms with Crippen LogP contribution in [0.15, 0.2) is 0 Å². The van der Waals surface area contributed by atoms with Crippen LogP contribution < -0.4 is 5.32 Å². The van der Waals surface area contributed by atoms with Crippen molar-refractivity contribution in [3.63, 3.8) is 0 Å². The summed E-state index contributed by atoms with van der Waals surface area (Å²) in [5.41, 5.74) is 0. The fourth-order valence-corrected chi connectivity index (χ4v) is 6.19. The molecule has 90 valence electrons. The van der Waals surface area contributed by atoms with Crippen LogP contribution in [0, 0.1) is 0 Å². The zero-order valence-electron chi connectivity index (χ0n) is 10.9. The Bertz CT molecular complexity index is 168. The van der Waals surface area contributed by atoms with E-state index in [1.165, 1.54) is 51.1 Å². The molecule has 1 heterocycles. The van der Waals surface area contributed by atoms with Crippen molar-refractivity contribution in [3.05, 3.63) is 0 Å². The molecule has 0 radical (unpaired) electrons. The van der Waals surface area contributed by atoms with Gasteiger partial charge in [-0.25, -0.2) is 0 Å². The van der Waals surface area contributed by atoms with Crippen LogP contribution in [0.2, 0.25) is 12.1 Å². The fraction of sp³-hybridized carbons (Fsp3) is 1.00. The van der Waals surface area contributed by atoms with Crippen molar-refractivity contribution < 1.29 is 0 Å². The first-order chi connectivity index (χ1) is 7.17. The highest BCUT2D eigenvalue weighted by Gasteiger charge is 2.34. The van der Waals surface area contributed by atoms with Crippen LogP contribution in [0.25, 0.3) is 0 Å². The molecule has 0 aromatic rings. The van der Waals surface area contributed by atoms with Crippen LogP contribution in [0.1, 0.15) is 59.3 Å². The predicted molar refractivity (Wildman–Crippen MR) is 72.2 cm³/mol. The van der Waals surface area contributed by atoms with Gasteiger partial charge in [0.1, 0.15) is 0 Å². The Morgan fingerprint density at radius 3 is 2.33 bits per heavy atom. The van der Waals surface area contributed by atoms with Gasteiger partial charge in [-0.2, -0.15) is 0 Å². The molecular weight excluding hydrogens is 198 g/mol. The smallest absolute Gasteiger partial charge is 0.0611 e. The molecule has 0 spiro atoms. The van der Waals surface area contributed by atoms with E-state index in [0.717, 1.165) is 0 Å². The molecule has 2 heteroatoms. The molecule has 1 N–H and O–H groups in total. The maximum absolute atomic E-state index is 3.67. The molecule has 1 aliphatic rings. The lowest BCUT2D eigenvalue weighted by molar-refractivity contribution is 0.569. The zero-order chi connectivity index (χ0) is 11.1. The third-order valence-electron chi connectivity index (χ3n) is 4.00. The Hall–Kier alpha value is 0.177. The van der Waals surface area contributed by atoms with Gasteiger partial charge in [-0.1, -0.05) is 65.3 Å². The van der Waals surface area contributed by atoms with Gasteiger partial charge < -0.3 is 5.32 Å². The summed E-state index contributed by atoms with van der Waals surface area (Å²) in [5.74, 6) is 0. The standard InChI is InChI=1S/C13H29NSi/c1-4-5-6-7-8-9-11-15-12-10-14-13(15,2)3/h14-15H,4-12H2,1-3H3. The van der Waals surface area contributed by atoms with Gasteiger partial charge in [-0.15, -0.1) is 0 Å². The molecule has 0 aromatic carbocycles. The first-order valence-corrected chi connectivity index (χ1v) is 9.13. The maximum atomic E-state index is 3.67. The Labute approximate surface area is 97.6 Å². The Kier molecular flexibility index (Phi) is 5.91. The van der Waals surface area contributed by atoms with Crippen LogP contribution in [0.3, 0.4) is 0 Å². The number of nitrogens with one attached hydrogen (secondary N) is 1. The van der Waals surface area contributed by atoms with E-state index < -0.39 is 8.80 Å². The fourth-order valence-electron chi connectivity index (χ4n) is 2.75. The minimum atomic E-state index is -0.460. The zero-order valence-corrected chi connectivity index (χ0v) is 12.1. The van der Waals surface area contributed by atoms with Crippen molar-refractivity contribution in [2.75, 3.05) is 6.54 Å². The third-order valence-corrected chi connectivity index (χ3v) is 8.34. The second kappa shape index (κ2) is 6.69. The van der Waals surface area contributed by atoms with E-state index in [4.69, 9.17) is 0 Å². The van der Waals surface area contributed by atoms with Crippen molar-refractivity contribution in [1.82, 2.24) is 5.32 Å². The van der Waals surface area contributed by atoms with Crippen molar-refractivity contribution >= 4 is 8.80 Å². The van der Waals surface area contributed by atoms with Gasteiger partial charge >= 0.3 is 0 Å². The molecule has 1 aliphatic heterocycles. The summed E-state index contributed by atoms with van der Waals surface area (Å²) in [6.45, 7) is 8.43. The molecule has 1 fully saturated rings. The molecule has 0 aromatic heterocycles. The van der Waals surface area contributed by atoms with Crippen molar-refractivity contribution in [3.8, 4) is 0 Å². The summed E-state index contributed by atoms with van der Waals surface area (Å²) in [6.07, 6.45) is 8.74. The van der Waals surface area contributed by atoms with E-state index in [2.05, 4.69) is 26.1 Å². The Balaban J connectivity index is 2.00. The van der Waals surface area contributed by atoms with Gasteiger partial charge in [0.15, 0.2) is 0 Å². The molecule has 0 bridgehead atoms. The predicted octanol–water partition coefficient (Wildman–Crippen LogP) is 3.50. The topological polar surface area (TPSA) is 12.0 Å². The lowest BCUT2D eigenvalue weighted by Crippen LogP contribution is -2.44. The highest BCUT2D eigenvalue weighted by molar-refractivity contribution is 6.63. The third kappa shape index (κ3) is 4.69. The summed E-state index contributed by atoms with van der Waals surface area (Å²) in [5, 5.41) is 4.21. The van der Waals surface area contributed by atoms with E-state index in [9.17, 15) is 0 Å². The molecule has 0 saturated carbocycles. The summed E-state index contributed by atoms with van der Waals surface area (Å²) >= 11 is 0. The van der Waals surface area contributed by atoms with Crippen LogP contribution in [-0.4, -0.2) is 20.5 Å². The minimum absolute atomic E-state index is 0.460. The van der Waals surface area contributed by atoms with Gasteiger partial charge in [0, 0.05) is 5.16 Å². The summed E-state index contributed by atoms with van der Waals surface area (Å²) in [7, 11) is -0.460. The molecule has 0 aliphatic carbocycles. The highest BCUT2D eigenvalue weighted by Crippen LogP contribution is 2.23. The number of hydrogen-bond donors (Lipinski definition) is 1. The second-order valence-corrected chi connectivity index (χ2v) is 9.68. The average molecular weight is 227 g/mol. The molecule has 15 heavy (non-hydrogen) atoms. The van der Waals surface area contributed by atoms with Crippen LogP contribution >= 0.6 is 0 Å². The molecule has 1 rings (SSSR count). The summed E-state index contributed by atoms with van der Waals surface area (Å²) < 4.78 is 0. The monoisotopic (exact) mass is 227 g/mol. The Morgan fingerprint density at radius 1 is 1.07 bits per heavy atom. The highest BCUT2D eigenvalue weighted by atomic mass is 28.3. The molecule has 1 saturated heterocycles. The van der Waals surface area contributed by atoms with E-state index in [0.29, 0.717) is 5.16 Å². The number of hydrogen-bond acceptors (Lipinski definition) is 1. The second-order valence-electron chi connectivity index (χ2n) is 5.69. The van der Waals surface area contributed by atoms with Gasteiger partial charge in [-0.3, -0.25) is 0 Å². The van der Waals surface area contributed by atoms with Crippen LogP contribution in [0.5, 0.6) is 0 Å². The average Bonchev–Trinajstić information content (AvgIpc) is 2.52. The van der Waals surface area contributed by atoms with Crippen LogP contribution in [-0.2, 0) is 0 Å². The first kappa shape index (κ1) is 13.2. The summed E-state index contributed by atoms with van der Waals surface area (Å²) in [4.78, 5) is 0. The van der Waals surface area contributed by atoms with Gasteiger partial charge in [-0.05, 0) is 12.6 Å². The minimum Gasteiger partial charge on any atom is -0.315 e. The molecule has 1 unspecified atom stereocenters. The Morgan fingerprint density at radius 2 is 1.73 bits per heavy atom. The van der Waals surface area contributed by atoms with Crippen molar-refractivity contribution in [1.29, 1.82) is 0 Å². The summed E-state index contributed by atoms with van der Waals surface area (Å²) in [6, 6.07) is 3.11. The van der Waals surface area contributed by atoms with E-state index in [1.54, 1.807) is 6.04 Å². The van der Waals surface area contributed by atoms with Gasteiger partial charge in [0.05, 0.1) is 8.80 Å². The molecule has 0 amide bonds. The molecule has 1 atom stereocenters. The maximum Gasteiger partial charge on any atom is 0.0611 e. The quantitative estimate of drug-likeness (QED) is 0.518. The lowest BCUT2D eigenvalue weighted by atomic mass is 10.1. The number of rotatable bonds is 7. The van der Waals surface area contributed by atoms with Crippen molar-refractivity contribution in [2.45, 2.75) is 76.5 Å².